The van der Waals surface area contributed by atoms with Crippen LogP contribution in [0.15, 0.2) is 0 Å². The molecule has 0 aromatic rings. The fourth-order valence-electron chi connectivity index (χ4n) is 4.38. The molecule has 0 aliphatic heterocycles. The van der Waals surface area contributed by atoms with Crippen molar-refractivity contribution in [2.75, 3.05) is 0 Å². The van der Waals surface area contributed by atoms with Crippen molar-refractivity contribution in [1.29, 1.82) is 0 Å². The van der Waals surface area contributed by atoms with Crippen LogP contribution < -0.4 is 0 Å². The monoisotopic (exact) mass is 254 g/mol. The van der Waals surface area contributed by atoms with Gasteiger partial charge in [-0.25, -0.2) is 0 Å². The molecule has 4 heteroatoms. The maximum absolute atomic E-state index is 11.1. The molecule has 0 heterocycles. The van der Waals surface area contributed by atoms with Crippen LogP contribution in [0.1, 0.15) is 58.8 Å². The van der Waals surface area contributed by atoms with E-state index in [9.17, 15) is 9.59 Å². The largest absolute Gasteiger partial charge is 0.481 e. The summed E-state index contributed by atoms with van der Waals surface area (Å²) in [5.41, 5.74) is 0.145. The van der Waals surface area contributed by atoms with Crippen molar-refractivity contribution < 1.29 is 19.8 Å². The Morgan fingerprint density at radius 2 is 1.50 bits per heavy atom. The Labute approximate surface area is 107 Å². The quantitative estimate of drug-likeness (QED) is 0.791. The molecule has 102 valence electrons. The first-order valence-electron chi connectivity index (χ1n) is 6.64. The van der Waals surface area contributed by atoms with Crippen LogP contribution in [0.2, 0.25) is 0 Å². The van der Waals surface area contributed by atoms with Gasteiger partial charge >= 0.3 is 11.9 Å². The minimum atomic E-state index is -0.825. The number of carboxylic acids is 2. The Morgan fingerprint density at radius 1 is 1.00 bits per heavy atom. The van der Waals surface area contributed by atoms with E-state index in [0.29, 0.717) is 6.42 Å². The first-order chi connectivity index (χ1) is 8.20. The van der Waals surface area contributed by atoms with E-state index in [0.717, 1.165) is 25.7 Å². The molecule has 0 amide bonds. The molecule has 0 aromatic heterocycles. The van der Waals surface area contributed by atoms with Crippen LogP contribution in [0.4, 0.5) is 0 Å². The van der Waals surface area contributed by atoms with E-state index >= 15 is 0 Å². The lowest BCUT2D eigenvalue weighted by Gasteiger charge is -2.52. The highest BCUT2D eigenvalue weighted by Gasteiger charge is 2.63. The average Bonchev–Trinajstić information content (AvgIpc) is 2.36. The summed E-state index contributed by atoms with van der Waals surface area (Å²) in [5.74, 6) is -1.62. The summed E-state index contributed by atoms with van der Waals surface area (Å²) in [6.45, 7) is 4.47. The highest BCUT2D eigenvalue weighted by Crippen LogP contribution is 2.72. The minimum absolute atomic E-state index is 0.0828. The van der Waals surface area contributed by atoms with Gasteiger partial charge in [-0.2, -0.15) is 0 Å². The number of fused-ring (bicyclic) bond motifs is 1. The van der Waals surface area contributed by atoms with Crippen LogP contribution >= 0.6 is 0 Å². The number of hydrogen-bond acceptors (Lipinski definition) is 2. The van der Waals surface area contributed by atoms with E-state index in [-0.39, 0.29) is 29.1 Å². The molecule has 0 aromatic carbocycles. The SMILES string of the molecule is C[C@@]12CC[C@]1(C)CC(CCC(=O)O)(CC(=O)O)C2. The van der Waals surface area contributed by atoms with Crippen LogP contribution in [0.25, 0.3) is 0 Å². The molecule has 4 nitrogen and oxygen atoms in total. The molecule has 0 radical (unpaired) electrons. The maximum Gasteiger partial charge on any atom is 0.303 e. The predicted molar refractivity (Wildman–Crippen MR) is 66.2 cm³/mol. The molecule has 2 rings (SSSR count). The van der Waals surface area contributed by atoms with Crippen molar-refractivity contribution in [1.82, 2.24) is 0 Å². The summed E-state index contributed by atoms with van der Waals surface area (Å²) in [6, 6.07) is 0. The highest BCUT2D eigenvalue weighted by molar-refractivity contribution is 5.69. The second-order valence-electron chi connectivity index (χ2n) is 6.94. The lowest BCUT2D eigenvalue weighted by molar-refractivity contribution is -0.142. The Bertz CT molecular complexity index is 371. The van der Waals surface area contributed by atoms with E-state index < -0.39 is 11.9 Å². The van der Waals surface area contributed by atoms with Crippen LogP contribution in [0.3, 0.4) is 0 Å². The molecular formula is C14H22O4. The summed E-state index contributed by atoms with van der Waals surface area (Å²) in [6.07, 6.45) is 4.74. The molecule has 18 heavy (non-hydrogen) atoms. The Kier molecular flexibility index (Phi) is 2.95. The van der Waals surface area contributed by atoms with Crippen molar-refractivity contribution in [2.24, 2.45) is 16.2 Å². The van der Waals surface area contributed by atoms with Crippen molar-refractivity contribution in [3.05, 3.63) is 0 Å². The average molecular weight is 254 g/mol. The zero-order chi connectivity index (χ0) is 13.6. The molecule has 0 spiro atoms. The molecule has 2 fully saturated rings. The molecule has 2 aliphatic carbocycles. The van der Waals surface area contributed by atoms with Crippen LogP contribution in [0.5, 0.6) is 0 Å². The molecule has 3 atom stereocenters. The molecule has 1 unspecified atom stereocenters. The van der Waals surface area contributed by atoms with Gasteiger partial charge in [0.05, 0.1) is 6.42 Å². The lowest BCUT2D eigenvalue weighted by Crippen LogP contribution is -2.42. The van der Waals surface area contributed by atoms with E-state index in [1.165, 1.54) is 0 Å². The van der Waals surface area contributed by atoms with Gasteiger partial charge in [0.15, 0.2) is 0 Å². The van der Waals surface area contributed by atoms with E-state index in [1.54, 1.807) is 0 Å². The van der Waals surface area contributed by atoms with Crippen molar-refractivity contribution in [2.45, 2.75) is 58.8 Å². The van der Waals surface area contributed by atoms with Crippen LogP contribution in [0, 0.1) is 16.2 Å². The second-order valence-corrected chi connectivity index (χ2v) is 6.94. The third kappa shape index (κ3) is 2.02. The minimum Gasteiger partial charge on any atom is -0.481 e. The van der Waals surface area contributed by atoms with Crippen LogP contribution in [-0.4, -0.2) is 22.2 Å². The highest BCUT2D eigenvalue weighted by atomic mass is 16.4. The fourth-order valence-corrected chi connectivity index (χ4v) is 4.38. The summed E-state index contributed by atoms with van der Waals surface area (Å²) < 4.78 is 0. The summed E-state index contributed by atoms with van der Waals surface area (Å²) in [7, 11) is 0. The van der Waals surface area contributed by atoms with Crippen molar-refractivity contribution in [3.8, 4) is 0 Å². The summed E-state index contributed by atoms with van der Waals surface area (Å²) in [4.78, 5) is 21.9. The number of hydrogen-bond donors (Lipinski definition) is 2. The Morgan fingerprint density at radius 3 is 1.83 bits per heavy atom. The van der Waals surface area contributed by atoms with Crippen molar-refractivity contribution in [3.63, 3.8) is 0 Å². The zero-order valence-electron chi connectivity index (χ0n) is 11.2. The Balaban J connectivity index is 2.17. The molecule has 2 saturated carbocycles. The first-order valence-corrected chi connectivity index (χ1v) is 6.64. The zero-order valence-corrected chi connectivity index (χ0v) is 11.2. The third-order valence-corrected chi connectivity index (χ3v) is 5.61. The number of aliphatic carboxylic acids is 2. The number of carboxylic acid groups (broad SMARTS) is 2. The summed E-state index contributed by atoms with van der Waals surface area (Å²) in [5, 5.41) is 18.0. The predicted octanol–water partition coefficient (Wildman–Crippen LogP) is 2.91. The third-order valence-electron chi connectivity index (χ3n) is 5.61. The van der Waals surface area contributed by atoms with E-state index in [4.69, 9.17) is 10.2 Å². The van der Waals surface area contributed by atoms with E-state index in [1.807, 2.05) is 0 Å². The van der Waals surface area contributed by atoms with Gasteiger partial charge in [-0.3, -0.25) is 9.59 Å². The Hall–Kier alpha value is -1.06. The molecular weight excluding hydrogens is 232 g/mol. The van der Waals surface area contributed by atoms with Crippen molar-refractivity contribution >= 4 is 11.9 Å². The smallest absolute Gasteiger partial charge is 0.303 e. The molecule has 2 aliphatic rings. The summed E-state index contributed by atoms with van der Waals surface area (Å²) >= 11 is 0. The van der Waals surface area contributed by atoms with Crippen LogP contribution in [-0.2, 0) is 9.59 Å². The second kappa shape index (κ2) is 3.97. The fraction of sp³-hybridized carbons (Fsp3) is 0.857. The standard InChI is InChI=1S/C14H22O4/c1-12-5-6-13(12,2)9-14(8-12,7-11(17)18)4-3-10(15)16/h3-9H2,1-2H3,(H,15,16)(H,17,18)/t12-,13+,14?. The van der Waals surface area contributed by atoms with Gasteiger partial charge in [0.1, 0.15) is 0 Å². The first kappa shape index (κ1) is 13.4. The van der Waals surface area contributed by atoms with Gasteiger partial charge in [0.2, 0.25) is 0 Å². The molecule has 0 bridgehead atoms. The maximum atomic E-state index is 11.1. The number of rotatable bonds is 5. The molecule has 2 N–H and O–H groups in total. The van der Waals surface area contributed by atoms with Gasteiger partial charge in [-0.1, -0.05) is 13.8 Å². The van der Waals surface area contributed by atoms with Gasteiger partial charge in [0, 0.05) is 6.42 Å². The van der Waals surface area contributed by atoms with Gasteiger partial charge in [-0.05, 0) is 48.3 Å². The number of carbonyl (C=O) groups is 2. The van der Waals surface area contributed by atoms with Gasteiger partial charge in [0.25, 0.3) is 0 Å². The van der Waals surface area contributed by atoms with Gasteiger partial charge < -0.3 is 10.2 Å². The van der Waals surface area contributed by atoms with Gasteiger partial charge in [-0.15, -0.1) is 0 Å². The molecule has 0 saturated heterocycles. The lowest BCUT2D eigenvalue weighted by atomic mass is 9.53. The van der Waals surface area contributed by atoms with E-state index in [2.05, 4.69) is 13.8 Å². The normalized spacial score (nSPS) is 42.1. The topological polar surface area (TPSA) is 74.6 Å².